The molecule has 108 valence electrons. The number of anilines is 3. The van der Waals surface area contributed by atoms with E-state index in [2.05, 4.69) is 25.6 Å². The number of aliphatic hydroxyl groups excluding tert-OH is 1. The summed E-state index contributed by atoms with van der Waals surface area (Å²) in [5.74, 6) is 1.20. The van der Waals surface area contributed by atoms with E-state index >= 15 is 0 Å². The minimum absolute atomic E-state index is 0.0391. The maximum absolute atomic E-state index is 9.19. The molecule has 0 amide bonds. The Balaban J connectivity index is 1.96. The van der Waals surface area contributed by atoms with Crippen LogP contribution in [0.4, 0.5) is 17.5 Å². The molecule has 2 heterocycles. The first kappa shape index (κ1) is 13.4. The van der Waals surface area contributed by atoms with E-state index in [0.717, 1.165) is 16.7 Å². The summed E-state index contributed by atoms with van der Waals surface area (Å²) in [5.41, 5.74) is 1.67. The summed E-state index contributed by atoms with van der Waals surface area (Å²) >= 11 is 0. The number of nitrogens with zero attached hydrogens (tertiary/aromatic N) is 2. The van der Waals surface area contributed by atoms with Crippen LogP contribution in [-0.2, 0) is 0 Å². The Morgan fingerprint density at radius 1 is 1.19 bits per heavy atom. The van der Waals surface area contributed by atoms with Crippen molar-refractivity contribution in [3.05, 3.63) is 42.6 Å². The van der Waals surface area contributed by atoms with Gasteiger partial charge in [0.1, 0.15) is 11.5 Å². The smallest absolute Gasteiger partial charge is 0.231 e. The minimum atomic E-state index is -0.0809. The molecule has 0 saturated carbocycles. The van der Waals surface area contributed by atoms with E-state index in [-0.39, 0.29) is 12.6 Å². The minimum Gasteiger partial charge on any atom is -0.394 e. The topological polar surface area (TPSA) is 85.9 Å². The van der Waals surface area contributed by atoms with Crippen molar-refractivity contribution in [2.24, 2.45) is 0 Å². The first-order chi connectivity index (χ1) is 10.3. The lowest BCUT2D eigenvalue weighted by atomic mass is 10.3. The molecular formula is C15H17N5O. The predicted molar refractivity (Wildman–Crippen MR) is 83.8 cm³/mol. The van der Waals surface area contributed by atoms with Gasteiger partial charge in [-0.05, 0) is 25.1 Å². The second-order valence-corrected chi connectivity index (χ2v) is 4.85. The fourth-order valence-corrected chi connectivity index (χ4v) is 2.04. The lowest BCUT2D eigenvalue weighted by molar-refractivity contribution is 0.281. The summed E-state index contributed by atoms with van der Waals surface area (Å²) in [6.45, 7) is 1.93. The molecule has 1 atom stereocenters. The predicted octanol–water partition coefficient (Wildman–Crippen LogP) is 2.49. The van der Waals surface area contributed by atoms with Crippen molar-refractivity contribution >= 4 is 28.5 Å². The van der Waals surface area contributed by atoms with Crippen molar-refractivity contribution in [1.82, 2.24) is 15.0 Å². The van der Waals surface area contributed by atoms with Crippen molar-refractivity contribution in [3.8, 4) is 0 Å². The highest BCUT2D eigenvalue weighted by molar-refractivity contribution is 5.88. The van der Waals surface area contributed by atoms with Crippen LogP contribution in [0.3, 0.4) is 0 Å². The largest absolute Gasteiger partial charge is 0.394 e. The molecule has 0 spiro atoms. The van der Waals surface area contributed by atoms with Crippen LogP contribution in [0.1, 0.15) is 6.92 Å². The van der Waals surface area contributed by atoms with Crippen molar-refractivity contribution in [2.45, 2.75) is 13.0 Å². The van der Waals surface area contributed by atoms with E-state index in [9.17, 15) is 5.11 Å². The Morgan fingerprint density at radius 3 is 2.76 bits per heavy atom. The zero-order valence-corrected chi connectivity index (χ0v) is 11.7. The molecule has 3 aromatic rings. The number of fused-ring (bicyclic) bond motifs is 1. The van der Waals surface area contributed by atoms with Gasteiger partial charge in [0.2, 0.25) is 5.95 Å². The number of aliphatic hydroxyl groups is 1. The second-order valence-electron chi connectivity index (χ2n) is 4.85. The molecule has 0 aliphatic heterocycles. The summed E-state index contributed by atoms with van der Waals surface area (Å²) in [7, 11) is 0. The number of hydrogen-bond acceptors (Lipinski definition) is 5. The van der Waals surface area contributed by atoms with Crippen molar-refractivity contribution in [3.63, 3.8) is 0 Å². The monoisotopic (exact) mass is 283 g/mol. The van der Waals surface area contributed by atoms with Gasteiger partial charge in [0.25, 0.3) is 0 Å². The van der Waals surface area contributed by atoms with Gasteiger partial charge in [0.15, 0.2) is 0 Å². The van der Waals surface area contributed by atoms with Crippen LogP contribution in [0.5, 0.6) is 0 Å². The lowest BCUT2D eigenvalue weighted by Gasteiger charge is -2.13. The van der Waals surface area contributed by atoms with Crippen LogP contribution in [0.25, 0.3) is 11.0 Å². The number of aromatic nitrogens is 3. The third-order valence-corrected chi connectivity index (χ3v) is 3.10. The highest BCUT2D eigenvalue weighted by atomic mass is 16.3. The number of para-hydroxylation sites is 1. The number of hydrogen-bond donors (Lipinski definition) is 4. The molecule has 1 aromatic carbocycles. The van der Waals surface area contributed by atoms with Gasteiger partial charge in [0, 0.05) is 17.9 Å². The van der Waals surface area contributed by atoms with Gasteiger partial charge in [-0.1, -0.05) is 18.2 Å². The molecule has 21 heavy (non-hydrogen) atoms. The molecule has 6 nitrogen and oxygen atoms in total. The van der Waals surface area contributed by atoms with Gasteiger partial charge >= 0.3 is 0 Å². The van der Waals surface area contributed by atoms with Gasteiger partial charge in [-0.15, -0.1) is 0 Å². The Kier molecular flexibility index (Phi) is 3.70. The average molecular weight is 283 g/mol. The molecule has 2 aromatic heterocycles. The fourth-order valence-electron chi connectivity index (χ4n) is 2.04. The van der Waals surface area contributed by atoms with Crippen LogP contribution >= 0.6 is 0 Å². The zero-order valence-electron chi connectivity index (χ0n) is 11.7. The molecule has 3 rings (SSSR count). The van der Waals surface area contributed by atoms with Crippen LogP contribution in [0.2, 0.25) is 0 Å². The van der Waals surface area contributed by atoms with E-state index in [4.69, 9.17) is 0 Å². The average Bonchev–Trinajstić information content (AvgIpc) is 2.97. The first-order valence-corrected chi connectivity index (χ1v) is 6.81. The Bertz CT molecular complexity index is 725. The second kappa shape index (κ2) is 5.80. The van der Waals surface area contributed by atoms with Gasteiger partial charge in [-0.2, -0.15) is 9.97 Å². The number of rotatable bonds is 5. The number of benzene rings is 1. The molecule has 0 aliphatic carbocycles. The Morgan fingerprint density at radius 2 is 2.00 bits per heavy atom. The summed E-state index contributed by atoms with van der Waals surface area (Å²) < 4.78 is 0. The Labute approximate surface area is 122 Å². The molecule has 0 saturated heterocycles. The maximum atomic E-state index is 9.19. The maximum Gasteiger partial charge on any atom is 0.231 e. The quantitative estimate of drug-likeness (QED) is 0.578. The van der Waals surface area contributed by atoms with Crippen molar-refractivity contribution in [1.29, 1.82) is 0 Å². The van der Waals surface area contributed by atoms with Crippen LogP contribution in [0, 0.1) is 0 Å². The standard InChI is InChI=1S/C15H17N5O/c1-10(9-21)17-14-12-7-8-16-13(12)19-15(20-14)18-11-5-3-2-4-6-11/h2-8,10,21H,9H2,1H3,(H3,16,17,18,19,20). The molecule has 1 unspecified atom stereocenters. The van der Waals surface area contributed by atoms with Crippen LogP contribution in [0.15, 0.2) is 42.6 Å². The van der Waals surface area contributed by atoms with E-state index in [1.807, 2.05) is 49.5 Å². The SMILES string of the molecule is CC(CO)Nc1nc(Nc2ccccc2)nc2[nH]ccc12. The van der Waals surface area contributed by atoms with Gasteiger partial charge in [-0.25, -0.2) is 0 Å². The Hall–Kier alpha value is -2.60. The van der Waals surface area contributed by atoms with E-state index in [1.165, 1.54) is 0 Å². The summed E-state index contributed by atoms with van der Waals surface area (Å²) in [6, 6.07) is 11.6. The molecule has 4 N–H and O–H groups in total. The van der Waals surface area contributed by atoms with E-state index in [1.54, 1.807) is 0 Å². The van der Waals surface area contributed by atoms with E-state index < -0.39 is 0 Å². The molecular weight excluding hydrogens is 266 g/mol. The van der Waals surface area contributed by atoms with Crippen molar-refractivity contribution in [2.75, 3.05) is 17.2 Å². The third-order valence-electron chi connectivity index (χ3n) is 3.10. The van der Waals surface area contributed by atoms with Crippen LogP contribution in [-0.4, -0.2) is 32.7 Å². The highest BCUT2D eigenvalue weighted by Gasteiger charge is 2.10. The third kappa shape index (κ3) is 2.95. The van der Waals surface area contributed by atoms with Gasteiger partial charge in [-0.3, -0.25) is 0 Å². The molecule has 0 fully saturated rings. The number of aromatic amines is 1. The van der Waals surface area contributed by atoms with E-state index in [0.29, 0.717) is 11.8 Å². The first-order valence-electron chi connectivity index (χ1n) is 6.81. The molecule has 0 bridgehead atoms. The van der Waals surface area contributed by atoms with Gasteiger partial charge in [0.05, 0.1) is 12.0 Å². The normalized spacial score (nSPS) is 12.3. The molecule has 0 aliphatic rings. The lowest BCUT2D eigenvalue weighted by Crippen LogP contribution is -2.20. The fraction of sp³-hybridized carbons (Fsp3) is 0.200. The zero-order chi connectivity index (χ0) is 14.7. The van der Waals surface area contributed by atoms with Crippen molar-refractivity contribution < 1.29 is 5.11 Å². The number of H-pyrrole nitrogens is 1. The van der Waals surface area contributed by atoms with Gasteiger partial charge < -0.3 is 20.7 Å². The summed E-state index contributed by atoms with van der Waals surface area (Å²) in [6.07, 6.45) is 1.82. The summed E-state index contributed by atoms with van der Waals surface area (Å²) in [5, 5.41) is 16.4. The molecule has 6 heteroatoms. The van der Waals surface area contributed by atoms with Crippen LogP contribution < -0.4 is 10.6 Å². The summed E-state index contributed by atoms with van der Waals surface area (Å²) in [4.78, 5) is 12.0. The highest BCUT2D eigenvalue weighted by Crippen LogP contribution is 2.23. The molecule has 0 radical (unpaired) electrons. The number of nitrogens with one attached hydrogen (secondary N) is 3.